The number of aryl methyl sites for hydroxylation is 1. The molecule has 0 saturated carbocycles. The van der Waals surface area contributed by atoms with Crippen LogP contribution in [0.3, 0.4) is 0 Å². The van der Waals surface area contributed by atoms with Crippen LogP contribution in [-0.4, -0.2) is 52.5 Å². The van der Waals surface area contributed by atoms with Gasteiger partial charge in [0, 0.05) is 50.8 Å². The zero-order valence-corrected chi connectivity index (χ0v) is 27.2. The summed E-state index contributed by atoms with van der Waals surface area (Å²) in [5.74, 6) is 2.39. The molecule has 0 atom stereocenters. The highest BCUT2D eigenvalue weighted by Crippen LogP contribution is 2.39. The monoisotopic (exact) mass is 640 g/mol. The standard InChI is InChI=1S/C37H21N8.Al.ClH.H/c1-45-36-26-16-8-9-17-27(26)37(45)44-35-29-19-21-11-3-2-10-20(21)18-28(29)34(42-35)41-32-23-13-5-4-12-22(23)30(39-32)38-31-24-14-6-7-15-25(24)33(40-31)43-36;;;/h2-19H,1H3;;1H;/q-1;+2;;/p-1. The molecule has 0 saturated heterocycles. The lowest BCUT2D eigenvalue weighted by atomic mass is 10.0. The van der Waals surface area contributed by atoms with E-state index in [0.717, 1.165) is 77.2 Å². The second-order valence-electron chi connectivity index (χ2n) is 11.7. The zero-order valence-electron chi connectivity index (χ0n) is 25.1. The van der Waals surface area contributed by atoms with E-state index in [1.165, 1.54) is 0 Å². The summed E-state index contributed by atoms with van der Waals surface area (Å²) >= 11 is -1.35. The number of halogens is 1. The van der Waals surface area contributed by atoms with Crippen molar-refractivity contribution in [2.24, 2.45) is 7.05 Å². The van der Waals surface area contributed by atoms with E-state index in [4.69, 9.17) is 40.0 Å². The molecule has 47 heavy (non-hydrogen) atoms. The minimum atomic E-state index is -1.35. The Morgan fingerprint density at radius 1 is 0.447 bits per heavy atom. The van der Waals surface area contributed by atoms with Gasteiger partial charge >= 0.3 is 14.5 Å². The first-order valence-electron chi connectivity index (χ1n) is 15.3. The number of hydrogen-bond acceptors (Lipinski definition) is 6. The predicted molar refractivity (Wildman–Crippen MR) is 190 cm³/mol. The van der Waals surface area contributed by atoms with Crippen molar-refractivity contribution in [3.63, 3.8) is 0 Å². The lowest BCUT2D eigenvalue weighted by molar-refractivity contribution is 0.966. The van der Waals surface area contributed by atoms with Crippen molar-refractivity contribution in [2.45, 2.75) is 0 Å². The van der Waals surface area contributed by atoms with Crippen molar-refractivity contribution >= 4 is 79.5 Å². The quantitative estimate of drug-likeness (QED) is 0.170. The summed E-state index contributed by atoms with van der Waals surface area (Å²) in [6, 6.07) is 37.1. The molecule has 0 N–H and O–H groups in total. The molecule has 0 spiro atoms. The van der Waals surface area contributed by atoms with E-state index in [1.807, 2.05) is 72.3 Å². The third-order valence-corrected chi connectivity index (χ3v) is 10.7. The van der Waals surface area contributed by atoms with Crippen molar-refractivity contribution < 1.29 is 0 Å². The van der Waals surface area contributed by atoms with Crippen LogP contribution < -0.4 is 0 Å². The molecule has 8 aromatic rings. The molecule has 3 aromatic heterocycles. The van der Waals surface area contributed by atoms with Gasteiger partial charge < -0.3 is 8.12 Å². The first kappa shape index (κ1) is 26.7. The molecule has 0 aliphatic carbocycles. The summed E-state index contributed by atoms with van der Waals surface area (Å²) in [6.07, 6.45) is 0. The normalized spacial score (nSPS) is 12.0. The van der Waals surface area contributed by atoms with Crippen molar-refractivity contribution in [3.8, 4) is 45.6 Å². The lowest BCUT2D eigenvalue weighted by Gasteiger charge is -2.04. The molecule has 8 bridgehead atoms. The van der Waals surface area contributed by atoms with Gasteiger partial charge in [0.25, 0.3) is 0 Å². The number of rotatable bonds is 1. The second kappa shape index (κ2) is 10.0. The Balaban J connectivity index is 1.46. The average molecular weight is 641 g/mol. The van der Waals surface area contributed by atoms with Crippen LogP contribution in [0.15, 0.2) is 109 Å². The second-order valence-corrected chi connectivity index (χ2v) is 13.3. The van der Waals surface area contributed by atoms with Gasteiger partial charge in [0.2, 0.25) is 0 Å². The van der Waals surface area contributed by atoms with E-state index in [-0.39, 0.29) is 0 Å². The van der Waals surface area contributed by atoms with E-state index >= 15 is 0 Å². The van der Waals surface area contributed by atoms with E-state index < -0.39 is 14.5 Å². The number of benzene rings is 5. The molecule has 0 unspecified atom stereocenters. The summed E-state index contributed by atoms with van der Waals surface area (Å²) < 4.78 is 4.09. The van der Waals surface area contributed by atoms with Gasteiger partial charge in [0.15, 0.2) is 23.3 Å². The van der Waals surface area contributed by atoms with Gasteiger partial charge in [-0.1, -0.05) is 97.1 Å². The van der Waals surface area contributed by atoms with Crippen LogP contribution in [0.25, 0.3) is 100 Å². The number of fused-ring (bicyclic) bond motifs is 21. The molecule has 2 aliphatic rings. The van der Waals surface area contributed by atoms with Gasteiger partial charge in [-0.2, -0.15) is 0 Å². The summed E-state index contributed by atoms with van der Waals surface area (Å²) in [5, 5.41) is 6.09. The molecule has 8 nitrogen and oxygen atoms in total. The van der Waals surface area contributed by atoms with Crippen LogP contribution in [0.2, 0.25) is 0 Å². The molecular formula is C37H22AlClN8. The number of aromatic nitrogens is 8. The zero-order chi connectivity index (χ0) is 31.2. The average Bonchev–Trinajstić information content (AvgIpc) is 3.80. The van der Waals surface area contributed by atoms with Gasteiger partial charge in [0.1, 0.15) is 22.6 Å². The van der Waals surface area contributed by atoms with Crippen LogP contribution in [0.5, 0.6) is 0 Å². The Labute approximate surface area is 278 Å². The molecule has 0 fully saturated rings. The molecule has 2 aliphatic heterocycles. The third kappa shape index (κ3) is 3.88. The summed E-state index contributed by atoms with van der Waals surface area (Å²) in [7, 11) is 8.85. The van der Waals surface area contributed by atoms with Gasteiger partial charge in [-0.15, -0.1) is 0 Å². The van der Waals surface area contributed by atoms with Crippen LogP contribution in [0.1, 0.15) is 0 Å². The molecule has 0 amide bonds. The molecule has 5 aromatic carbocycles. The maximum atomic E-state index is 6.86. The summed E-state index contributed by atoms with van der Waals surface area (Å²) in [6.45, 7) is 0. The maximum Gasteiger partial charge on any atom is 0.527 e. The van der Waals surface area contributed by atoms with Crippen LogP contribution in [0.4, 0.5) is 0 Å². The Bertz CT molecular complexity index is 2820. The first-order chi connectivity index (χ1) is 23.2. The van der Waals surface area contributed by atoms with E-state index in [2.05, 4.69) is 52.1 Å². The minimum Gasteiger partial charge on any atom is -0.392 e. The van der Waals surface area contributed by atoms with Crippen LogP contribution in [0, 0.1) is 0 Å². The Morgan fingerprint density at radius 3 is 1.26 bits per heavy atom. The number of hydrogen-bond donors (Lipinski definition) is 0. The highest BCUT2D eigenvalue weighted by molar-refractivity contribution is 6.93. The van der Waals surface area contributed by atoms with Crippen molar-refractivity contribution in [2.75, 3.05) is 0 Å². The fourth-order valence-corrected chi connectivity index (χ4v) is 8.28. The Hall–Kier alpha value is -5.46. The van der Waals surface area contributed by atoms with Crippen molar-refractivity contribution in [3.05, 3.63) is 109 Å². The fraction of sp³-hybridized carbons (Fsp3) is 0.0270. The topological polar surface area (TPSA) is 87.2 Å². The van der Waals surface area contributed by atoms with E-state index in [0.29, 0.717) is 23.3 Å². The van der Waals surface area contributed by atoms with Crippen LogP contribution >= 0.6 is 10.0 Å². The van der Waals surface area contributed by atoms with E-state index in [1.54, 1.807) is 0 Å². The van der Waals surface area contributed by atoms with Gasteiger partial charge in [0.05, 0.1) is 0 Å². The largest absolute Gasteiger partial charge is 0.527 e. The van der Waals surface area contributed by atoms with Crippen molar-refractivity contribution in [1.82, 2.24) is 38.0 Å². The Kier molecular flexibility index (Phi) is 5.70. The van der Waals surface area contributed by atoms with Gasteiger partial charge in [-0.05, 0) is 22.9 Å². The Morgan fingerprint density at radius 2 is 0.809 bits per heavy atom. The molecular weight excluding hydrogens is 619 g/mol. The summed E-state index contributed by atoms with van der Waals surface area (Å²) in [4.78, 5) is 31.2. The molecule has 0 radical (unpaired) electrons. The molecule has 5 heterocycles. The fourth-order valence-electron chi connectivity index (χ4n) is 6.89. The van der Waals surface area contributed by atoms with Crippen LogP contribution in [-0.2, 0) is 7.05 Å². The molecule has 10 rings (SSSR count). The summed E-state index contributed by atoms with van der Waals surface area (Å²) in [5.41, 5.74) is 6.70. The highest BCUT2D eigenvalue weighted by atomic mass is 35.6. The third-order valence-electron chi connectivity index (χ3n) is 9.13. The molecule has 220 valence electrons. The predicted octanol–water partition coefficient (Wildman–Crippen LogP) is 7.86. The number of nitrogens with zero attached hydrogens (tertiary/aromatic N) is 8. The SMILES string of the molecule is Cn1c2nc3nc(nc4c5ccccc5c(nc5nc(nc1c1ccccc12)-c1cc2ccccc2cc1-5)[n]4[AlH][Cl])-c1ccccc1-3. The first-order valence-corrected chi connectivity index (χ1v) is 18.1. The molecule has 10 heteroatoms. The van der Waals surface area contributed by atoms with Gasteiger partial charge in [-0.25, -0.2) is 40.0 Å². The van der Waals surface area contributed by atoms with Crippen molar-refractivity contribution in [1.29, 1.82) is 0 Å². The van der Waals surface area contributed by atoms with Gasteiger partial charge in [-0.3, -0.25) is 0 Å². The van der Waals surface area contributed by atoms with E-state index in [9.17, 15) is 0 Å². The lowest BCUT2D eigenvalue weighted by Crippen LogP contribution is -2.01. The minimum absolute atomic E-state index is 0.592. The maximum absolute atomic E-state index is 6.86. The highest BCUT2D eigenvalue weighted by Gasteiger charge is 2.24. The smallest absolute Gasteiger partial charge is 0.392 e.